The summed E-state index contributed by atoms with van der Waals surface area (Å²) < 4.78 is 2.06. The maximum absolute atomic E-state index is 12.4. The third kappa shape index (κ3) is 3.57. The number of rotatable bonds is 4. The molecule has 136 valence electrons. The lowest BCUT2D eigenvalue weighted by atomic mass is 10.1. The van der Waals surface area contributed by atoms with E-state index in [1.807, 2.05) is 37.4 Å². The summed E-state index contributed by atoms with van der Waals surface area (Å²) >= 11 is 0. The highest BCUT2D eigenvalue weighted by atomic mass is 16.1. The van der Waals surface area contributed by atoms with E-state index in [0.717, 1.165) is 22.5 Å². The Morgan fingerprint density at radius 3 is 2.42 bits per heavy atom. The number of hydrogen-bond donors (Lipinski definition) is 2. The topological polar surface area (TPSA) is 59.0 Å². The number of benzene rings is 1. The summed E-state index contributed by atoms with van der Waals surface area (Å²) in [5, 5.41) is 7.08. The Balaban J connectivity index is 2.07. The Bertz CT molecular complexity index is 933. The minimum atomic E-state index is -0.182. The van der Waals surface area contributed by atoms with Gasteiger partial charge >= 0.3 is 0 Å². The maximum atomic E-state index is 12.4. The number of aromatic nitrogens is 2. The van der Waals surface area contributed by atoms with Crippen LogP contribution in [0.25, 0.3) is 11.0 Å². The normalized spacial score (nSPS) is 11.6. The van der Waals surface area contributed by atoms with Gasteiger partial charge in [0.25, 0.3) is 5.91 Å². The second-order valence-electron chi connectivity index (χ2n) is 7.50. The third-order valence-corrected chi connectivity index (χ3v) is 4.28. The molecule has 0 saturated carbocycles. The second-order valence-corrected chi connectivity index (χ2v) is 7.50. The molecule has 5 nitrogen and oxygen atoms in total. The number of amides is 1. The smallest absolute Gasteiger partial charge is 0.253 e. The molecule has 0 radical (unpaired) electrons. The summed E-state index contributed by atoms with van der Waals surface area (Å²) in [6.07, 6.45) is 1.90. The molecule has 1 aromatic carbocycles. The number of carbonyl (C=O) groups is 1. The van der Waals surface area contributed by atoms with Crippen molar-refractivity contribution in [3.8, 4) is 0 Å². The SMILES string of the molecule is CCNC(=O)c1cn(C(C)(C)C)c2nc(Nc3ccc(C)cc3)ccc12. The average molecular weight is 350 g/mol. The summed E-state index contributed by atoms with van der Waals surface area (Å²) in [7, 11) is 0. The molecule has 0 bridgehead atoms. The zero-order chi connectivity index (χ0) is 18.9. The quantitative estimate of drug-likeness (QED) is 0.723. The Morgan fingerprint density at radius 2 is 1.81 bits per heavy atom. The molecule has 0 aliphatic rings. The van der Waals surface area contributed by atoms with Gasteiger partial charge in [-0.3, -0.25) is 4.79 Å². The van der Waals surface area contributed by atoms with Gasteiger partial charge in [-0.1, -0.05) is 17.7 Å². The molecule has 3 aromatic rings. The van der Waals surface area contributed by atoms with Crippen molar-refractivity contribution in [1.82, 2.24) is 14.9 Å². The highest BCUT2D eigenvalue weighted by Crippen LogP contribution is 2.28. The molecule has 0 spiro atoms. The highest BCUT2D eigenvalue weighted by molar-refractivity contribution is 6.06. The number of nitrogens with one attached hydrogen (secondary N) is 2. The lowest BCUT2D eigenvalue weighted by molar-refractivity contribution is 0.0957. The van der Waals surface area contributed by atoms with Gasteiger partial charge in [-0.15, -0.1) is 0 Å². The zero-order valence-electron chi connectivity index (χ0n) is 16.1. The molecule has 0 atom stereocenters. The molecule has 2 N–H and O–H groups in total. The van der Waals surface area contributed by atoms with Crippen LogP contribution in [-0.4, -0.2) is 22.0 Å². The van der Waals surface area contributed by atoms with Crippen LogP contribution < -0.4 is 10.6 Å². The first-order valence-electron chi connectivity index (χ1n) is 8.94. The minimum Gasteiger partial charge on any atom is -0.352 e. The van der Waals surface area contributed by atoms with Crippen LogP contribution in [0.4, 0.5) is 11.5 Å². The molecule has 26 heavy (non-hydrogen) atoms. The highest BCUT2D eigenvalue weighted by Gasteiger charge is 2.22. The fourth-order valence-corrected chi connectivity index (χ4v) is 2.90. The van der Waals surface area contributed by atoms with Gasteiger partial charge in [-0.25, -0.2) is 4.98 Å². The minimum absolute atomic E-state index is 0.0680. The molecule has 0 aliphatic carbocycles. The molecule has 0 unspecified atom stereocenters. The van der Waals surface area contributed by atoms with Gasteiger partial charge in [0.2, 0.25) is 0 Å². The number of fused-ring (bicyclic) bond motifs is 1. The van der Waals surface area contributed by atoms with E-state index in [-0.39, 0.29) is 11.4 Å². The first-order chi connectivity index (χ1) is 12.3. The Hall–Kier alpha value is -2.82. The van der Waals surface area contributed by atoms with E-state index in [1.165, 1.54) is 5.56 Å². The van der Waals surface area contributed by atoms with Gasteiger partial charge in [-0.05, 0) is 58.9 Å². The predicted octanol–water partition coefficient (Wildman–Crippen LogP) is 4.59. The molecule has 1 amide bonds. The third-order valence-electron chi connectivity index (χ3n) is 4.28. The van der Waals surface area contributed by atoms with Crippen LogP contribution in [0.3, 0.4) is 0 Å². The maximum Gasteiger partial charge on any atom is 0.253 e. The van der Waals surface area contributed by atoms with E-state index in [1.54, 1.807) is 0 Å². The second kappa shape index (κ2) is 6.83. The largest absolute Gasteiger partial charge is 0.352 e. The van der Waals surface area contributed by atoms with Crippen LogP contribution in [0, 0.1) is 6.92 Å². The number of anilines is 2. The van der Waals surface area contributed by atoms with E-state index >= 15 is 0 Å². The lowest BCUT2D eigenvalue weighted by Crippen LogP contribution is -2.23. The van der Waals surface area contributed by atoms with Crippen LogP contribution >= 0.6 is 0 Å². The van der Waals surface area contributed by atoms with Crippen molar-refractivity contribution in [3.05, 3.63) is 53.7 Å². The van der Waals surface area contributed by atoms with Crippen molar-refractivity contribution >= 4 is 28.4 Å². The summed E-state index contributed by atoms with van der Waals surface area (Å²) in [5.74, 6) is 0.689. The van der Waals surface area contributed by atoms with E-state index < -0.39 is 0 Å². The van der Waals surface area contributed by atoms with E-state index in [0.29, 0.717) is 12.1 Å². The van der Waals surface area contributed by atoms with Gasteiger partial charge < -0.3 is 15.2 Å². The summed E-state index contributed by atoms with van der Waals surface area (Å²) in [6, 6.07) is 12.1. The van der Waals surface area contributed by atoms with Crippen molar-refractivity contribution < 1.29 is 4.79 Å². The standard InChI is InChI=1S/C21H26N4O/c1-6-22-20(26)17-13-25(21(3,4)5)19-16(17)11-12-18(24-19)23-15-9-7-14(2)8-10-15/h7-13H,6H2,1-5H3,(H,22,26)(H,23,24). The van der Waals surface area contributed by atoms with Crippen LogP contribution in [-0.2, 0) is 5.54 Å². The van der Waals surface area contributed by atoms with Gasteiger partial charge in [-0.2, -0.15) is 0 Å². The molecular weight excluding hydrogens is 324 g/mol. The fourth-order valence-electron chi connectivity index (χ4n) is 2.90. The Morgan fingerprint density at radius 1 is 1.12 bits per heavy atom. The summed E-state index contributed by atoms with van der Waals surface area (Å²) in [4.78, 5) is 17.2. The van der Waals surface area contributed by atoms with Gasteiger partial charge in [0.05, 0.1) is 5.56 Å². The number of aryl methyl sites for hydroxylation is 1. The van der Waals surface area contributed by atoms with Crippen molar-refractivity contribution in [2.24, 2.45) is 0 Å². The van der Waals surface area contributed by atoms with Crippen LogP contribution in [0.1, 0.15) is 43.6 Å². The molecule has 5 heteroatoms. The van der Waals surface area contributed by atoms with Crippen LogP contribution in [0.15, 0.2) is 42.6 Å². The first-order valence-corrected chi connectivity index (χ1v) is 8.94. The van der Waals surface area contributed by atoms with Gasteiger partial charge in [0.15, 0.2) is 0 Å². The molecule has 3 rings (SSSR count). The van der Waals surface area contributed by atoms with E-state index in [4.69, 9.17) is 4.98 Å². The van der Waals surface area contributed by atoms with Crippen LogP contribution in [0.5, 0.6) is 0 Å². The van der Waals surface area contributed by atoms with Crippen molar-refractivity contribution in [2.75, 3.05) is 11.9 Å². The average Bonchev–Trinajstić information content (AvgIpc) is 2.96. The number of nitrogens with zero attached hydrogens (tertiary/aromatic N) is 2. The Kier molecular flexibility index (Phi) is 4.72. The molecule has 0 fully saturated rings. The van der Waals surface area contributed by atoms with E-state index in [9.17, 15) is 4.79 Å². The van der Waals surface area contributed by atoms with E-state index in [2.05, 4.69) is 55.0 Å². The number of pyridine rings is 1. The molecule has 2 aromatic heterocycles. The molecule has 2 heterocycles. The summed E-state index contributed by atoms with van der Waals surface area (Å²) in [6.45, 7) is 10.9. The predicted molar refractivity (Wildman–Crippen MR) is 107 cm³/mol. The van der Waals surface area contributed by atoms with Crippen molar-refractivity contribution in [2.45, 2.75) is 40.2 Å². The fraction of sp³-hybridized carbons (Fsp3) is 0.333. The van der Waals surface area contributed by atoms with Crippen molar-refractivity contribution in [3.63, 3.8) is 0 Å². The monoisotopic (exact) mass is 350 g/mol. The Labute approximate surface area is 154 Å². The van der Waals surface area contributed by atoms with Gasteiger partial charge in [0, 0.05) is 29.4 Å². The first kappa shape index (κ1) is 18.0. The molecule has 0 aliphatic heterocycles. The van der Waals surface area contributed by atoms with Crippen molar-refractivity contribution in [1.29, 1.82) is 0 Å². The number of hydrogen-bond acceptors (Lipinski definition) is 3. The van der Waals surface area contributed by atoms with Gasteiger partial charge in [0.1, 0.15) is 11.5 Å². The lowest BCUT2D eigenvalue weighted by Gasteiger charge is -2.22. The molecule has 0 saturated heterocycles. The summed E-state index contributed by atoms with van der Waals surface area (Å²) in [5.41, 5.74) is 3.48. The zero-order valence-corrected chi connectivity index (χ0v) is 16.1. The number of carbonyl (C=O) groups excluding carboxylic acids is 1. The van der Waals surface area contributed by atoms with Crippen LogP contribution in [0.2, 0.25) is 0 Å². The molecular formula is C21H26N4O.